The number of benzene rings is 1. The van der Waals surface area contributed by atoms with E-state index in [4.69, 9.17) is 16.7 Å². The van der Waals surface area contributed by atoms with E-state index < -0.39 is 29.3 Å². The van der Waals surface area contributed by atoms with E-state index in [0.717, 1.165) is 12.1 Å². The Kier molecular flexibility index (Phi) is 5.83. The SMILES string of the molecule is O=C(O)CNc1nc(Nc2ccc(Cl)c(C(F)(F)F)c2)cc(-c2cccnc2)n1. The van der Waals surface area contributed by atoms with Gasteiger partial charge < -0.3 is 15.7 Å². The number of nitrogens with zero attached hydrogens (tertiary/aromatic N) is 3. The standard InChI is InChI=1S/C18H13ClF3N5O2/c19-13-4-3-11(6-12(13)18(20,21)22)25-15-7-14(10-2-1-5-23-8-10)26-17(27-15)24-9-16(28)29/h1-8H,9H2,(H,28,29)(H2,24,25,26,27). The lowest BCUT2D eigenvalue weighted by Crippen LogP contribution is -2.15. The summed E-state index contributed by atoms with van der Waals surface area (Å²) < 4.78 is 39.2. The van der Waals surface area contributed by atoms with Gasteiger partial charge in [-0.1, -0.05) is 11.6 Å². The number of hydrogen-bond acceptors (Lipinski definition) is 6. The Labute approximate surface area is 167 Å². The second kappa shape index (κ2) is 8.31. The monoisotopic (exact) mass is 423 g/mol. The van der Waals surface area contributed by atoms with Crippen LogP contribution in [0.1, 0.15) is 5.56 Å². The lowest BCUT2D eigenvalue weighted by Gasteiger charge is -2.13. The Hall–Kier alpha value is -3.40. The molecule has 3 aromatic rings. The molecule has 3 N–H and O–H groups in total. The lowest BCUT2D eigenvalue weighted by molar-refractivity contribution is -0.137. The molecule has 11 heteroatoms. The summed E-state index contributed by atoms with van der Waals surface area (Å²) in [4.78, 5) is 23.1. The van der Waals surface area contributed by atoms with Crippen LogP contribution in [-0.2, 0) is 11.0 Å². The van der Waals surface area contributed by atoms with Gasteiger partial charge in [-0.15, -0.1) is 0 Å². The predicted molar refractivity (Wildman–Crippen MR) is 101 cm³/mol. The average Bonchev–Trinajstić information content (AvgIpc) is 2.67. The van der Waals surface area contributed by atoms with Crippen molar-refractivity contribution in [3.05, 3.63) is 59.4 Å². The molecule has 0 saturated carbocycles. The van der Waals surface area contributed by atoms with E-state index in [-0.39, 0.29) is 17.5 Å². The molecule has 0 aliphatic heterocycles. The summed E-state index contributed by atoms with van der Waals surface area (Å²) in [7, 11) is 0. The van der Waals surface area contributed by atoms with Crippen molar-refractivity contribution < 1.29 is 23.1 Å². The van der Waals surface area contributed by atoms with Gasteiger partial charge in [0.05, 0.1) is 16.3 Å². The summed E-state index contributed by atoms with van der Waals surface area (Å²) in [5.74, 6) is -0.981. The first-order valence-corrected chi connectivity index (χ1v) is 8.49. The topological polar surface area (TPSA) is 100 Å². The minimum Gasteiger partial charge on any atom is -0.480 e. The van der Waals surface area contributed by atoms with Gasteiger partial charge in [0.25, 0.3) is 0 Å². The van der Waals surface area contributed by atoms with E-state index in [2.05, 4.69) is 25.6 Å². The van der Waals surface area contributed by atoms with Crippen molar-refractivity contribution in [3.8, 4) is 11.3 Å². The number of rotatable bonds is 6. The Balaban J connectivity index is 1.98. The Bertz CT molecular complexity index is 1030. The van der Waals surface area contributed by atoms with E-state index in [1.807, 2.05) is 0 Å². The van der Waals surface area contributed by atoms with Crippen molar-refractivity contribution in [2.45, 2.75) is 6.18 Å². The number of halogens is 4. The van der Waals surface area contributed by atoms with Crippen LogP contribution in [0.2, 0.25) is 5.02 Å². The molecule has 0 aliphatic rings. The maximum absolute atomic E-state index is 13.1. The van der Waals surface area contributed by atoms with Crippen molar-refractivity contribution in [1.82, 2.24) is 15.0 Å². The van der Waals surface area contributed by atoms with Gasteiger partial charge in [0.15, 0.2) is 0 Å². The van der Waals surface area contributed by atoms with E-state index in [9.17, 15) is 18.0 Å². The molecule has 0 amide bonds. The zero-order valence-electron chi connectivity index (χ0n) is 14.5. The van der Waals surface area contributed by atoms with Crippen LogP contribution in [0.4, 0.5) is 30.6 Å². The van der Waals surface area contributed by atoms with Crippen LogP contribution in [0.3, 0.4) is 0 Å². The second-order valence-electron chi connectivity index (χ2n) is 5.77. The summed E-state index contributed by atoms with van der Waals surface area (Å²) in [6, 6.07) is 8.27. The fourth-order valence-electron chi connectivity index (χ4n) is 2.38. The van der Waals surface area contributed by atoms with Gasteiger partial charge in [-0.2, -0.15) is 18.2 Å². The molecule has 7 nitrogen and oxygen atoms in total. The number of alkyl halides is 3. The van der Waals surface area contributed by atoms with Gasteiger partial charge >= 0.3 is 12.1 Å². The average molecular weight is 424 g/mol. The highest BCUT2D eigenvalue weighted by Crippen LogP contribution is 2.36. The molecule has 0 bridgehead atoms. The molecule has 0 radical (unpaired) electrons. The van der Waals surface area contributed by atoms with Crippen LogP contribution >= 0.6 is 11.6 Å². The summed E-state index contributed by atoms with van der Waals surface area (Å²) in [5, 5.41) is 13.7. The maximum atomic E-state index is 13.1. The van der Waals surface area contributed by atoms with E-state index in [1.165, 1.54) is 18.3 Å². The summed E-state index contributed by atoms with van der Waals surface area (Å²) in [6.45, 7) is -0.435. The molecule has 0 spiro atoms. The van der Waals surface area contributed by atoms with E-state index in [0.29, 0.717) is 11.3 Å². The van der Waals surface area contributed by atoms with Gasteiger partial charge in [0, 0.05) is 29.7 Å². The Morgan fingerprint density at radius 1 is 1.17 bits per heavy atom. The lowest BCUT2D eigenvalue weighted by atomic mass is 10.2. The van der Waals surface area contributed by atoms with Crippen LogP contribution in [-0.4, -0.2) is 32.6 Å². The van der Waals surface area contributed by atoms with Gasteiger partial charge in [-0.3, -0.25) is 9.78 Å². The smallest absolute Gasteiger partial charge is 0.417 e. The number of carboxylic acid groups (broad SMARTS) is 1. The first-order valence-electron chi connectivity index (χ1n) is 8.11. The first-order chi connectivity index (χ1) is 13.7. The quantitative estimate of drug-likeness (QED) is 0.538. The van der Waals surface area contributed by atoms with E-state index >= 15 is 0 Å². The third-order valence-corrected chi connectivity index (χ3v) is 3.95. The number of hydrogen-bond donors (Lipinski definition) is 3. The van der Waals surface area contributed by atoms with Crippen molar-refractivity contribution in [2.24, 2.45) is 0 Å². The van der Waals surface area contributed by atoms with E-state index in [1.54, 1.807) is 18.3 Å². The molecule has 0 unspecified atom stereocenters. The fraction of sp³-hybridized carbons (Fsp3) is 0.111. The van der Waals surface area contributed by atoms with Crippen molar-refractivity contribution in [2.75, 3.05) is 17.2 Å². The molecular weight excluding hydrogens is 411 g/mol. The molecule has 0 saturated heterocycles. The van der Waals surface area contributed by atoms with Crippen LogP contribution in [0, 0.1) is 0 Å². The minimum absolute atomic E-state index is 0.0127. The second-order valence-corrected chi connectivity index (χ2v) is 6.18. The number of carbonyl (C=O) groups is 1. The number of pyridine rings is 1. The molecule has 150 valence electrons. The number of aromatic nitrogens is 3. The number of carboxylic acids is 1. The highest BCUT2D eigenvalue weighted by Gasteiger charge is 2.33. The number of anilines is 3. The zero-order chi connectivity index (χ0) is 21.0. The highest BCUT2D eigenvalue weighted by molar-refractivity contribution is 6.31. The van der Waals surface area contributed by atoms with Crippen LogP contribution in [0.5, 0.6) is 0 Å². The molecule has 0 aliphatic carbocycles. The van der Waals surface area contributed by atoms with Crippen LogP contribution in [0.25, 0.3) is 11.3 Å². The molecule has 1 aromatic carbocycles. The Morgan fingerprint density at radius 3 is 2.62 bits per heavy atom. The summed E-state index contributed by atoms with van der Waals surface area (Å²) in [5.41, 5.74) is 0.119. The van der Waals surface area contributed by atoms with Crippen molar-refractivity contribution in [1.29, 1.82) is 0 Å². The van der Waals surface area contributed by atoms with Crippen molar-refractivity contribution in [3.63, 3.8) is 0 Å². The molecular formula is C18H13ClF3N5O2. The van der Waals surface area contributed by atoms with Crippen LogP contribution in [0.15, 0.2) is 48.8 Å². The van der Waals surface area contributed by atoms with Crippen molar-refractivity contribution >= 4 is 35.0 Å². The third kappa shape index (κ3) is 5.32. The molecule has 2 aromatic heterocycles. The number of nitrogens with one attached hydrogen (secondary N) is 2. The first kappa shape index (κ1) is 20.3. The fourth-order valence-corrected chi connectivity index (χ4v) is 2.60. The largest absolute Gasteiger partial charge is 0.480 e. The molecule has 29 heavy (non-hydrogen) atoms. The normalized spacial score (nSPS) is 11.2. The van der Waals surface area contributed by atoms with Gasteiger partial charge in [0.2, 0.25) is 5.95 Å². The van der Waals surface area contributed by atoms with Gasteiger partial charge in [0.1, 0.15) is 12.4 Å². The molecule has 0 fully saturated rings. The maximum Gasteiger partial charge on any atom is 0.417 e. The van der Waals surface area contributed by atoms with Crippen LogP contribution < -0.4 is 10.6 Å². The summed E-state index contributed by atoms with van der Waals surface area (Å²) in [6.07, 6.45) is -1.51. The van der Waals surface area contributed by atoms with Gasteiger partial charge in [-0.05, 0) is 30.3 Å². The Morgan fingerprint density at radius 2 is 1.97 bits per heavy atom. The van der Waals surface area contributed by atoms with Gasteiger partial charge in [-0.25, -0.2) is 4.98 Å². The third-order valence-electron chi connectivity index (χ3n) is 3.63. The predicted octanol–water partition coefficient (Wildman–Crippen LogP) is 4.45. The zero-order valence-corrected chi connectivity index (χ0v) is 15.3. The number of aliphatic carboxylic acids is 1. The highest BCUT2D eigenvalue weighted by atomic mass is 35.5. The molecule has 3 rings (SSSR count). The molecule has 0 atom stereocenters. The summed E-state index contributed by atoms with van der Waals surface area (Å²) >= 11 is 5.64. The minimum atomic E-state index is -4.62. The molecule has 2 heterocycles.